The van der Waals surface area contributed by atoms with Crippen molar-refractivity contribution in [3.8, 4) is 0 Å². The summed E-state index contributed by atoms with van der Waals surface area (Å²) in [6.07, 6.45) is 4.29. The fraction of sp³-hybridized carbons (Fsp3) is 0.423. The number of benzene rings is 2. The minimum absolute atomic E-state index is 0.00206. The van der Waals surface area contributed by atoms with Gasteiger partial charge in [0.05, 0.1) is 19.6 Å². The van der Waals surface area contributed by atoms with Crippen LogP contribution in [0.4, 0.5) is 4.39 Å². The molecular formula is C26H35FN3O+. The minimum Gasteiger partial charge on any atom is -0.361 e. The van der Waals surface area contributed by atoms with E-state index in [1.54, 1.807) is 11.0 Å². The first-order valence-electron chi connectivity index (χ1n) is 11.5. The van der Waals surface area contributed by atoms with Crippen molar-refractivity contribution in [3.05, 3.63) is 71.7 Å². The van der Waals surface area contributed by atoms with Crippen molar-refractivity contribution in [2.45, 2.75) is 52.0 Å². The van der Waals surface area contributed by atoms with E-state index in [-0.39, 0.29) is 30.1 Å². The van der Waals surface area contributed by atoms with Gasteiger partial charge in [-0.1, -0.05) is 30.3 Å². The van der Waals surface area contributed by atoms with E-state index in [4.69, 9.17) is 0 Å². The summed E-state index contributed by atoms with van der Waals surface area (Å²) in [4.78, 5) is 17.8. The van der Waals surface area contributed by atoms with Crippen LogP contribution in [0.1, 0.15) is 57.1 Å². The van der Waals surface area contributed by atoms with Gasteiger partial charge in [-0.15, -0.1) is 0 Å². The summed E-state index contributed by atoms with van der Waals surface area (Å²) in [7, 11) is 0. The molecule has 166 valence electrons. The van der Waals surface area contributed by atoms with E-state index in [0.29, 0.717) is 0 Å². The lowest BCUT2D eigenvalue weighted by Gasteiger charge is -2.20. The van der Waals surface area contributed by atoms with E-state index in [2.05, 4.69) is 31.1 Å². The second-order valence-electron chi connectivity index (χ2n) is 8.42. The van der Waals surface area contributed by atoms with Crippen LogP contribution in [-0.4, -0.2) is 36.6 Å². The summed E-state index contributed by atoms with van der Waals surface area (Å²) >= 11 is 0. The Kier molecular flexibility index (Phi) is 8.24. The summed E-state index contributed by atoms with van der Waals surface area (Å²) in [6, 6.07) is 14.7. The van der Waals surface area contributed by atoms with Crippen LogP contribution in [0, 0.1) is 5.82 Å². The van der Waals surface area contributed by atoms with Crippen LogP contribution in [0.5, 0.6) is 0 Å². The highest BCUT2D eigenvalue weighted by molar-refractivity contribution is 5.86. The molecule has 0 aliphatic rings. The third-order valence-corrected chi connectivity index (χ3v) is 6.21. The van der Waals surface area contributed by atoms with E-state index in [1.165, 1.54) is 12.1 Å². The van der Waals surface area contributed by atoms with Crippen molar-refractivity contribution in [3.63, 3.8) is 0 Å². The standard InChI is InChI=1S/C26H34FN3O/c1-4-30(5-2)15-9-10-19(3)29-26(31)17-23(20-11-8-12-21(27)16-20)24-18-28-25-14-7-6-13-22(24)25/h6-8,11-14,16,18-19,23,28H,4-5,9-10,15,17H2,1-3H3,(H,29,31)/p+1/t19-,23-/m1/s1. The Morgan fingerprint density at radius 2 is 1.90 bits per heavy atom. The van der Waals surface area contributed by atoms with Gasteiger partial charge < -0.3 is 15.2 Å². The lowest BCUT2D eigenvalue weighted by molar-refractivity contribution is -0.896. The number of rotatable bonds is 11. The maximum absolute atomic E-state index is 14.0. The van der Waals surface area contributed by atoms with E-state index in [9.17, 15) is 9.18 Å². The minimum atomic E-state index is -0.282. The van der Waals surface area contributed by atoms with Crippen LogP contribution in [0.2, 0.25) is 0 Å². The van der Waals surface area contributed by atoms with Gasteiger partial charge in [-0.3, -0.25) is 4.79 Å². The normalized spacial score (nSPS) is 13.5. The molecular weight excluding hydrogens is 389 g/mol. The topological polar surface area (TPSA) is 49.3 Å². The van der Waals surface area contributed by atoms with Crippen molar-refractivity contribution < 1.29 is 14.1 Å². The molecule has 1 amide bonds. The van der Waals surface area contributed by atoms with Crippen LogP contribution < -0.4 is 10.2 Å². The van der Waals surface area contributed by atoms with E-state index < -0.39 is 0 Å². The number of H-pyrrole nitrogens is 1. The molecule has 0 radical (unpaired) electrons. The first kappa shape index (κ1) is 23.0. The van der Waals surface area contributed by atoms with Gasteiger partial charge in [0.15, 0.2) is 0 Å². The molecule has 3 N–H and O–H groups in total. The van der Waals surface area contributed by atoms with Gasteiger partial charge in [0.1, 0.15) is 5.82 Å². The Labute approximate surface area is 184 Å². The van der Waals surface area contributed by atoms with Crippen LogP contribution in [0.25, 0.3) is 10.9 Å². The predicted molar refractivity (Wildman–Crippen MR) is 125 cm³/mol. The van der Waals surface area contributed by atoms with Crippen LogP contribution in [-0.2, 0) is 4.79 Å². The number of amides is 1. The number of hydrogen-bond donors (Lipinski definition) is 3. The molecule has 0 unspecified atom stereocenters. The van der Waals surface area contributed by atoms with E-state index in [1.807, 2.05) is 36.5 Å². The van der Waals surface area contributed by atoms with Gasteiger partial charge in [0.2, 0.25) is 5.91 Å². The van der Waals surface area contributed by atoms with Gasteiger partial charge in [-0.2, -0.15) is 0 Å². The molecule has 2 atom stereocenters. The van der Waals surface area contributed by atoms with Crippen molar-refractivity contribution in [2.24, 2.45) is 0 Å². The number of carbonyl (C=O) groups is 1. The van der Waals surface area contributed by atoms with Crippen LogP contribution >= 0.6 is 0 Å². The predicted octanol–water partition coefficient (Wildman–Crippen LogP) is 4.04. The molecule has 0 fully saturated rings. The molecule has 4 nitrogen and oxygen atoms in total. The fourth-order valence-electron chi connectivity index (χ4n) is 4.37. The SMILES string of the molecule is CC[NH+](CC)CCC[C@@H](C)NC(=O)C[C@H](c1cccc(F)c1)c1c[nH]c2ccccc12. The number of carbonyl (C=O) groups excluding carboxylic acids is 1. The van der Waals surface area contributed by atoms with Gasteiger partial charge >= 0.3 is 0 Å². The zero-order valence-corrected chi connectivity index (χ0v) is 18.9. The lowest BCUT2D eigenvalue weighted by Crippen LogP contribution is -3.11. The maximum atomic E-state index is 14.0. The Morgan fingerprint density at radius 1 is 1.13 bits per heavy atom. The largest absolute Gasteiger partial charge is 0.361 e. The zero-order valence-electron chi connectivity index (χ0n) is 18.9. The Bertz CT molecular complexity index is 979. The zero-order chi connectivity index (χ0) is 22.2. The Balaban J connectivity index is 1.71. The van der Waals surface area contributed by atoms with Crippen molar-refractivity contribution >= 4 is 16.8 Å². The number of aromatic amines is 1. The fourth-order valence-corrected chi connectivity index (χ4v) is 4.37. The molecule has 1 aromatic heterocycles. The molecule has 0 aliphatic carbocycles. The monoisotopic (exact) mass is 424 g/mol. The number of nitrogens with one attached hydrogen (secondary N) is 3. The summed E-state index contributed by atoms with van der Waals surface area (Å²) in [5, 5.41) is 4.23. The highest BCUT2D eigenvalue weighted by Gasteiger charge is 2.22. The summed E-state index contributed by atoms with van der Waals surface area (Å²) in [5.41, 5.74) is 2.86. The molecule has 2 aromatic carbocycles. The quantitative estimate of drug-likeness (QED) is 0.428. The van der Waals surface area contributed by atoms with E-state index in [0.717, 1.165) is 54.5 Å². The third kappa shape index (κ3) is 6.17. The molecule has 0 spiro atoms. The first-order chi connectivity index (χ1) is 15.0. The van der Waals surface area contributed by atoms with E-state index >= 15 is 0 Å². The van der Waals surface area contributed by atoms with Crippen LogP contribution in [0.15, 0.2) is 54.7 Å². The van der Waals surface area contributed by atoms with Gasteiger partial charge in [-0.25, -0.2) is 4.39 Å². The Hall–Kier alpha value is -2.66. The smallest absolute Gasteiger partial charge is 0.221 e. The number of aromatic nitrogens is 1. The second-order valence-corrected chi connectivity index (χ2v) is 8.42. The number of hydrogen-bond acceptors (Lipinski definition) is 1. The van der Waals surface area contributed by atoms with Crippen LogP contribution in [0.3, 0.4) is 0 Å². The summed E-state index contributed by atoms with van der Waals surface area (Å²) < 4.78 is 14.0. The maximum Gasteiger partial charge on any atom is 0.221 e. The molecule has 0 saturated carbocycles. The molecule has 1 heterocycles. The van der Waals surface area contributed by atoms with Gasteiger partial charge in [-0.05, 0) is 62.9 Å². The average molecular weight is 425 g/mol. The van der Waals surface area contributed by atoms with Gasteiger partial charge in [0, 0.05) is 35.5 Å². The average Bonchev–Trinajstić information content (AvgIpc) is 3.19. The van der Waals surface area contributed by atoms with Crippen molar-refractivity contribution in [2.75, 3.05) is 19.6 Å². The molecule has 0 aliphatic heterocycles. The first-order valence-corrected chi connectivity index (χ1v) is 11.5. The van der Waals surface area contributed by atoms with Gasteiger partial charge in [0.25, 0.3) is 0 Å². The Morgan fingerprint density at radius 3 is 2.65 bits per heavy atom. The summed E-state index contributed by atoms with van der Waals surface area (Å²) in [6.45, 7) is 9.89. The number of fused-ring (bicyclic) bond motifs is 1. The molecule has 3 rings (SSSR count). The molecule has 0 bridgehead atoms. The second kappa shape index (κ2) is 11.1. The van der Waals surface area contributed by atoms with Crippen molar-refractivity contribution in [1.82, 2.24) is 10.3 Å². The molecule has 0 saturated heterocycles. The number of para-hydroxylation sites is 1. The van der Waals surface area contributed by atoms with Crippen molar-refractivity contribution in [1.29, 1.82) is 0 Å². The molecule has 31 heavy (non-hydrogen) atoms. The number of quaternary nitrogens is 1. The summed E-state index contributed by atoms with van der Waals surface area (Å²) in [5.74, 6) is -0.489. The third-order valence-electron chi connectivity index (χ3n) is 6.21. The molecule has 3 aromatic rings. The number of halogens is 1. The highest BCUT2D eigenvalue weighted by atomic mass is 19.1. The highest BCUT2D eigenvalue weighted by Crippen LogP contribution is 2.33. The lowest BCUT2D eigenvalue weighted by atomic mass is 9.88. The molecule has 5 heteroatoms.